The molecule has 0 saturated heterocycles. The van der Waals surface area contributed by atoms with Gasteiger partial charge in [-0.1, -0.05) is 36.8 Å². The SMILES string of the molecule is N#CC(NC(=O)CCCCCN=C1NS(=O)(=O)c2ccccc21)c1ccccc1F. The van der Waals surface area contributed by atoms with Crippen molar-refractivity contribution < 1.29 is 17.6 Å². The molecule has 0 aliphatic carbocycles. The minimum atomic E-state index is -3.54. The normalized spacial score (nSPS) is 16.3. The topological polar surface area (TPSA) is 111 Å². The Bertz CT molecular complexity index is 1110. The molecule has 0 saturated carbocycles. The summed E-state index contributed by atoms with van der Waals surface area (Å²) in [5, 5.41) is 11.7. The van der Waals surface area contributed by atoms with Crippen molar-refractivity contribution in [3.63, 3.8) is 0 Å². The highest BCUT2D eigenvalue weighted by Crippen LogP contribution is 2.22. The highest BCUT2D eigenvalue weighted by molar-refractivity contribution is 7.90. The Morgan fingerprint density at radius 3 is 2.63 bits per heavy atom. The smallest absolute Gasteiger partial charge is 0.263 e. The van der Waals surface area contributed by atoms with Crippen LogP contribution in [0, 0.1) is 17.1 Å². The number of halogens is 1. The lowest BCUT2D eigenvalue weighted by molar-refractivity contribution is -0.121. The summed E-state index contributed by atoms with van der Waals surface area (Å²) in [4.78, 5) is 16.6. The van der Waals surface area contributed by atoms with Crippen LogP contribution in [0.4, 0.5) is 4.39 Å². The van der Waals surface area contributed by atoms with Crippen molar-refractivity contribution in [3.8, 4) is 6.07 Å². The summed E-state index contributed by atoms with van der Waals surface area (Å²) in [7, 11) is -3.54. The van der Waals surface area contributed by atoms with Gasteiger partial charge in [0.1, 0.15) is 17.7 Å². The van der Waals surface area contributed by atoms with Gasteiger partial charge in [0, 0.05) is 24.1 Å². The Morgan fingerprint density at radius 2 is 1.87 bits per heavy atom. The zero-order valence-electron chi connectivity index (χ0n) is 16.1. The molecule has 7 nitrogen and oxygen atoms in total. The summed E-state index contributed by atoms with van der Waals surface area (Å²) in [5.41, 5.74) is 0.705. The molecule has 3 rings (SSSR count). The average molecular weight is 428 g/mol. The Balaban J connectivity index is 1.43. The Hall–Kier alpha value is -3.25. The minimum absolute atomic E-state index is 0.142. The number of carbonyl (C=O) groups excluding carboxylic acids is 1. The lowest BCUT2D eigenvalue weighted by Crippen LogP contribution is -2.27. The quantitative estimate of drug-likeness (QED) is 0.630. The van der Waals surface area contributed by atoms with Gasteiger partial charge in [-0.15, -0.1) is 0 Å². The van der Waals surface area contributed by atoms with Crippen molar-refractivity contribution in [1.82, 2.24) is 10.0 Å². The number of amides is 1. The molecule has 1 unspecified atom stereocenters. The second kappa shape index (κ2) is 9.50. The van der Waals surface area contributed by atoms with Gasteiger partial charge in [0.15, 0.2) is 0 Å². The highest BCUT2D eigenvalue weighted by atomic mass is 32.2. The zero-order chi connectivity index (χ0) is 21.6. The number of benzene rings is 2. The van der Waals surface area contributed by atoms with Crippen LogP contribution in [0.1, 0.15) is 42.9 Å². The largest absolute Gasteiger partial charge is 0.337 e. The van der Waals surface area contributed by atoms with Crippen LogP contribution in [0.15, 0.2) is 58.4 Å². The third-order valence-electron chi connectivity index (χ3n) is 4.65. The molecule has 1 atom stereocenters. The van der Waals surface area contributed by atoms with Gasteiger partial charge in [-0.25, -0.2) is 12.8 Å². The van der Waals surface area contributed by atoms with Crippen LogP contribution >= 0.6 is 0 Å². The van der Waals surface area contributed by atoms with Crippen molar-refractivity contribution in [2.45, 2.75) is 36.6 Å². The molecular weight excluding hydrogens is 407 g/mol. The molecular formula is C21H21FN4O3S. The molecule has 2 N–H and O–H groups in total. The Kier molecular flexibility index (Phi) is 6.79. The van der Waals surface area contributed by atoms with Crippen molar-refractivity contribution in [2.24, 2.45) is 4.99 Å². The molecule has 156 valence electrons. The fourth-order valence-corrected chi connectivity index (χ4v) is 4.39. The molecule has 9 heteroatoms. The van der Waals surface area contributed by atoms with Crippen molar-refractivity contribution in [2.75, 3.05) is 6.54 Å². The molecule has 30 heavy (non-hydrogen) atoms. The van der Waals surface area contributed by atoms with E-state index < -0.39 is 21.9 Å². The third-order valence-corrected chi connectivity index (χ3v) is 6.04. The lowest BCUT2D eigenvalue weighted by atomic mass is 10.1. The number of rotatable bonds is 8. The first-order chi connectivity index (χ1) is 14.4. The van der Waals surface area contributed by atoms with Crippen LogP contribution in [0.25, 0.3) is 0 Å². The number of hydrogen-bond acceptors (Lipinski definition) is 5. The van der Waals surface area contributed by atoms with Gasteiger partial charge in [-0.3, -0.25) is 14.5 Å². The summed E-state index contributed by atoms with van der Waals surface area (Å²) in [6, 6.07) is 13.4. The zero-order valence-corrected chi connectivity index (χ0v) is 17.0. The fourth-order valence-electron chi connectivity index (χ4n) is 3.14. The van der Waals surface area contributed by atoms with Crippen LogP contribution in [0.5, 0.6) is 0 Å². The average Bonchev–Trinajstić information content (AvgIpc) is 3.00. The van der Waals surface area contributed by atoms with E-state index in [2.05, 4.69) is 15.0 Å². The fraction of sp³-hybridized carbons (Fsp3) is 0.286. The number of aliphatic imine (C=N–C) groups is 1. The number of sulfonamides is 1. The van der Waals surface area contributed by atoms with E-state index in [9.17, 15) is 22.9 Å². The number of carbonyl (C=O) groups is 1. The number of unbranched alkanes of at least 4 members (excludes halogenated alkanes) is 2. The molecule has 2 aromatic carbocycles. The second-order valence-electron chi connectivity index (χ2n) is 6.79. The maximum Gasteiger partial charge on any atom is 0.263 e. The standard InChI is InChI=1S/C21H21FN4O3S/c22-17-10-5-3-8-15(17)18(14-23)25-20(27)12-2-1-7-13-24-21-16-9-4-6-11-19(16)30(28,29)26-21/h3-6,8-11,18H,1-2,7,12-13H2,(H,24,26)(H,25,27). The van der Waals surface area contributed by atoms with Crippen molar-refractivity contribution in [1.29, 1.82) is 5.26 Å². The molecule has 0 radical (unpaired) electrons. The first kappa shape index (κ1) is 21.5. The molecule has 2 aromatic rings. The van der Waals surface area contributed by atoms with E-state index in [1.807, 2.05) is 6.07 Å². The van der Waals surface area contributed by atoms with E-state index in [1.54, 1.807) is 24.3 Å². The first-order valence-corrected chi connectivity index (χ1v) is 11.0. The minimum Gasteiger partial charge on any atom is -0.337 e. The molecule has 0 aromatic heterocycles. The van der Waals surface area contributed by atoms with Crippen LogP contribution in [-0.2, 0) is 14.8 Å². The molecule has 1 aliphatic heterocycles. The van der Waals surface area contributed by atoms with Gasteiger partial charge in [-0.05, 0) is 31.0 Å². The summed E-state index contributed by atoms with van der Waals surface area (Å²) in [5.74, 6) is -0.522. The number of amidine groups is 1. The van der Waals surface area contributed by atoms with Gasteiger partial charge in [0.2, 0.25) is 5.91 Å². The van der Waals surface area contributed by atoms with Crippen molar-refractivity contribution in [3.05, 3.63) is 65.5 Å². The van der Waals surface area contributed by atoms with Crippen LogP contribution < -0.4 is 10.0 Å². The molecule has 1 aliphatic rings. The van der Waals surface area contributed by atoms with E-state index >= 15 is 0 Å². The van der Waals surface area contributed by atoms with E-state index in [4.69, 9.17) is 0 Å². The van der Waals surface area contributed by atoms with E-state index in [-0.39, 0.29) is 22.8 Å². The number of hydrogen-bond donors (Lipinski definition) is 2. The van der Waals surface area contributed by atoms with E-state index in [0.717, 1.165) is 0 Å². The highest BCUT2D eigenvalue weighted by Gasteiger charge is 2.29. The number of nitrogens with one attached hydrogen (secondary N) is 2. The summed E-state index contributed by atoms with van der Waals surface area (Å²) in [6.45, 7) is 0.420. The van der Waals surface area contributed by atoms with E-state index in [0.29, 0.717) is 37.2 Å². The van der Waals surface area contributed by atoms with Gasteiger partial charge < -0.3 is 5.32 Å². The maximum absolute atomic E-state index is 13.8. The predicted octanol–water partition coefficient (Wildman–Crippen LogP) is 2.81. The number of nitriles is 1. The van der Waals surface area contributed by atoms with Gasteiger partial charge >= 0.3 is 0 Å². The van der Waals surface area contributed by atoms with Crippen molar-refractivity contribution >= 4 is 21.8 Å². The van der Waals surface area contributed by atoms with Gasteiger partial charge in [-0.2, -0.15) is 5.26 Å². The van der Waals surface area contributed by atoms with Gasteiger partial charge in [0.25, 0.3) is 10.0 Å². The molecule has 1 amide bonds. The lowest BCUT2D eigenvalue weighted by Gasteiger charge is -2.12. The van der Waals surface area contributed by atoms with Crippen LogP contribution in [0.3, 0.4) is 0 Å². The van der Waals surface area contributed by atoms with Gasteiger partial charge in [0.05, 0.1) is 11.0 Å². The Morgan fingerprint density at radius 1 is 1.13 bits per heavy atom. The molecule has 0 spiro atoms. The predicted molar refractivity (Wildman–Crippen MR) is 110 cm³/mol. The summed E-state index contributed by atoms with van der Waals surface area (Å²) < 4.78 is 40.3. The first-order valence-electron chi connectivity index (χ1n) is 9.52. The monoisotopic (exact) mass is 428 g/mol. The van der Waals surface area contributed by atoms with Crippen LogP contribution in [-0.4, -0.2) is 26.7 Å². The molecule has 1 heterocycles. The summed E-state index contributed by atoms with van der Waals surface area (Å²) in [6.07, 6.45) is 2.16. The maximum atomic E-state index is 13.8. The van der Waals surface area contributed by atoms with Crippen LogP contribution in [0.2, 0.25) is 0 Å². The summed E-state index contributed by atoms with van der Waals surface area (Å²) >= 11 is 0. The third kappa shape index (κ3) is 5.02. The number of fused-ring (bicyclic) bond motifs is 1. The van der Waals surface area contributed by atoms with E-state index in [1.165, 1.54) is 24.3 Å². The molecule has 0 fully saturated rings. The second-order valence-corrected chi connectivity index (χ2v) is 8.44. The Labute approximate surface area is 174 Å². The number of nitrogens with zero attached hydrogens (tertiary/aromatic N) is 2. The molecule has 0 bridgehead atoms.